The van der Waals surface area contributed by atoms with Crippen LogP contribution in [0.2, 0.25) is 0 Å². The summed E-state index contributed by atoms with van der Waals surface area (Å²) < 4.78 is 5.74. The van der Waals surface area contributed by atoms with E-state index in [1.165, 1.54) is 0 Å². The standard InChI is InChI=1S/C16H25N3O2/c1-4-9-17-16(20)18-14-5-7-15(8-6-14)19-10-12(2)21-13(3)11-19/h5-8,12-13H,4,9-11H2,1-3H3,(H2,17,18,20)/t12-,13+. The number of amides is 2. The van der Waals surface area contributed by atoms with Crippen molar-refractivity contribution in [2.45, 2.75) is 39.4 Å². The van der Waals surface area contributed by atoms with Gasteiger partial charge in [0.1, 0.15) is 0 Å². The molecule has 0 bridgehead atoms. The molecule has 1 fully saturated rings. The van der Waals surface area contributed by atoms with Crippen molar-refractivity contribution in [3.8, 4) is 0 Å². The average Bonchev–Trinajstić information content (AvgIpc) is 2.45. The Kier molecular flexibility index (Phi) is 5.44. The molecule has 5 heteroatoms. The summed E-state index contributed by atoms with van der Waals surface area (Å²) in [5, 5.41) is 5.62. The molecular weight excluding hydrogens is 266 g/mol. The van der Waals surface area contributed by atoms with Gasteiger partial charge < -0.3 is 20.3 Å². The van der Waals surface area contributed by atoms with E-state index in [1.807, 2.05) is 31.2 Å². The van der Waals surface area contributed by atoms with Crippen LogP contribution in [0.25, 0.3) is 0 Å². The zero-order chi connectivity index (χ0) is 15.2. The third-order valence-corrected chi connectivity index (χ3v) is 3.45. The Morgan fingerprint density at radius 1 is 1.24 bits per heavy atom. The molecule has 2 N–H and O–H groups in total. The fraction of sp³-hybridized carbons (Fsp3) is 0.562. The summed E-state index contributed by atoms with van der Waals surface area (Å²) in [7, 11) is 0. The minimum absolute atomic E-state index is 0.154. The smallest absolute Gasteiger partial charge is 0.319 e. The van der Waals surface area contributed by atoms with Gasteiger partial charge >= 0.3 is 6.03 Å². The van der Waals surface area contributed by atoms with Gasteiger partial charge in [0.05, 0.1) is 12.2 Å². The van der Waals surface area contributed by atoms with Crippen molar-refractivity contribution >= 4 is 17.4 Å². The molecule has 2 atom stereocenters. The van der Waals surface area contributed by atoms with E-state index < -0.39 is 0 Å². The first-order valence-electron chi connectivity index (χ1n) is 7.63. The molecule has 1 aliphatic rings. The van der Waals surface area contributed by atoms with E-state index in [4.69, 9.17) is 4.74 Å². The molecule has 1 aromatic carbocycles. The van der Waals surface area contributed by atoms with Crippen LogP contribution < -0.4 is 15.5 Å². The van der Waals surface area contributed by atoms with Gasteiger partial charge in [-0.3, -0.25) is 0 Å². The largest absolute Gasteiger partial charge is 0.372 e. The van der Waals surface area contributed by atoms with Crippen LogP contribution in [0.3, 0.4) is 0 Å². The van der Waals surface area contributed by atoms with Gasteiger partial charge in [0.25, 0.3) is 0 Å². The van der Waals surface area contributed by atoms with Crippen molar-refractivity contribution in [3.63, 3.8) is 0 Å². The van der Waals surface area contributed by atoms with Gasteiger partial charge in [-0.25, -0.2) is 4.79 Å². The predicted molar refractivity (Wildman–Crippen MR) is 86.0 cm³/mol. The summed E-state index contributed by atoms with van der Waals surface area (Å²) in [6, 6.07) is 7.80. The Bertz CT molecular complexity index is 451. The van der Waals surface area contributed by atoms with Gasteiger partial charge in [0.2, 0.25) is 0 Å². The monoisotopic (exact) mass is 291 g/mol. The summed E-state index contributed by atoms with van der Waals surface area (Å²) in [5.41, 5.74) is 1.97. The first-order chi connectivity index (χ1) is 10.1. The molecule has 1 aliphatic heterocycles. The lowest BCUT2D eigenvalue weighted by Crippen LogP contribution is -2.45. The molecule has 0 spiro atoms. The first kappa shape index (κ1) is 15.6. The topological polar surface area (TPSA) is 53.6 Å². The zero-order valence-electron chi connectivity index (χ0n) is 13.1. The lowest BCUT2D eigenvalue weighted by Gasteiger charge is -2.36. The van der Waals surface area contributed by atoms with Crippen molar-refractivity contribution in [1.82, 2.24) is 5.32 Å². The second kappa shape index (κ2) is 7.31. The number of rotatable bonds is 4. The summed E-state index contributed by atoms with van der Waals surface area (Å²) in [4.78, 5) is 13.9. The Labute approximate surface area is 126 Å². The molecule has 2 rings (SSSR count). The lowest BCUT2D eigenvalue weighted by atomic mass is 10.2. The minimum Gasteiger partial charge on any atom is -0.372 e. The van der Waals surface area contributed by atoms with Crippen molar-refractivity contribution in [2.24, 2.45) is 0 Å². The molecule has 1 heterocycles. The molecule has 21 heavy (non-hydrogen) atoms. The Morgan fingerprint density at radius 3 is 2.43 bits per heavy atom. The van der Waals surface area contributed by atoms with E-state index in [9.17, 15) is 4.79 Å². The number of benzene rings is 1. The molecule has 0 aliphatic carbocycles. The van der Waals surface area contributed by atoms with Crippen LogP contribution in [0.1, 0.15) is 27.2 Å². The quantitative estimate of drug-likeness (QED) is 0.897. The number of carbonyl (C=O) groups is 1. The third kappa shape index (κ3) is 4.63. The number of morpholine rings is 1. The SMILES string of the molecule is CCCNC(=O)Nc1ccc(N2C[C@@H](C)O[C@@H](C)C2)cc1. The third-order valence-electron chi connectivity index (χ3n) is 3.45. The molecule has 0 radical (unpaired) electrons. The fourth-order valence-electron chi connectivity index (χ4n) is 2.56. The number of nitrogens with one attached hydrogen (secondary N) is 2. The van der Waals surface area contributed by atoms with Crippen LogP contribution in [0.15, 0.2) is 24.3 Å². The Balaban J connectivity index is 1.94. The average molecular weight is 291 g/mol. The molecule has 0 aromatic heterocycles. The van der Waals surface area contributed by atoms with Gasteiger partial charge in [0, 0.05) is 31.0 Å². The van der Waals surface area contributed by atoms with Gasteiger partial charge in [-0.1, -0.05) is 6.92 Å². The highest BCUT2D eigenvalue weighted by Gasteiger charge is 2.22. The number of carbonyl (C=O) groups excluding carboxylic acids is 1. The summed E-state index contributed by atoms with van der Waals surface area (Å²) in [5.74, 6) is 0. The van der Waals surface area contributed by atoms with Crippen molar-refractivity contribution in [1.29, 1.82) is 0 Å². The summed E-state index contributed by atoms with van der Waals surface area (Å²) in [6.45, 7) is 8.70. The zero-order valence-corrected chi connectivity index (χ0v) is 13.1. The Hall–Kier alpha value is -1.75. The molecule has 0 unspecified atom stereocenters. The van der Waals surface area contributed by atoms with Crippen LogP contribution in [0, 0.1) is 0 Å². The second-order valence-electron chi connectivity index (χ2n) is 5.59. The van der Waals surface area contributed by atoms with Gasteiger partial charge in [0.15, 0.2) is 0 Å². The predicted octanol–water partition coefficient (Wildman–Crippen LogP) is 2.83. The van der Waals surface area contributed by atoms with Crippen molar-refractivity contribution < 1.29 is 9.53 Å². The second-order valence-corrected chi connectivity index (χ2v) is 5.59. The molecule has 0 saturated carbocycles. The maximum Gasteiger partial charge on any atom is 0.319 e. The molecule has 2 amide bonds. The normalized spacial score (nSPS) is 22.0. The molecule has 5 nitrogen and oxygen atoms in total. The van der Waals surface area contributed by atoms with Gasteiger partial charge in [-0.2, -0.15) is 0 Å². The number of hydrogen-bond donors (Lipinski definition) is 2. The van der Waals surface area contributed by atoms with Crippen molar-refractivity contribution in [2.75, 3.05) is 29.9 Å². The van der Waals surface area contributed by atoms with E-state index in [1.54, 1.807) is 0 Å². The van der Waals surface area contributed by atoms with E-state index in [-0.39, 0.29) is 18.2 Å². The van der Waals surface area contributed by atoms with E-state index in [2.05, 4.69) is 29.4 Å². The van der Waals surface area contributed by atoms with Gasteiger partial charge in [-0.05, 0) is 44.5 Å². The number of ether oxygens (including phenoxy) is 1. The highest BCUT2D eigenvalue weighted by atomic mass is 16.5. The molecular formula is C16H25N3O2. The maximum absolute atomic E-state index is 11.6. The first-order valence-corrected chi connectivity index (χ1v) is 7.63. The van der Waals surface area contributed by atoms with Crippen LogP contribution in [0.5, 0.6) is 0 Å². The fourth-order valence-corrected chi connectivity index (χ4v) is 2.56. The number of nitrogens with zero attached hydrogens (tertiary/aromatic N) is 1. The van der Waals surface area contributed by atoms with E-state index in [0.29, 0.717) is 6.54 Å². The minimum atomic E-state index is -0.154. The summed E-state index contributed by atoms with van der Waals surface area (Å²) >= 11 is 0. The number of hydrogen-bond acceptors (Lipinski definition) is 3. The van der Waals surface area contributed by atoms with Crippen LogP contribution in [0.4, 0.5) is 16.2 Å². The lowest BCUT2D eigenvalue weighted by molar-refractivity contribution is -0.00521. The molecule has 116 valence electrons. The van der Waals surface area contributed by atoms with E-state index in [0.717, 1.165) is 30.9 Å². The summed E-state index contributed by atoms with van der Waals surface area (Å²) in [6.07, 6.45) is 1.41. The maximum atomic E-state index is 11.6. The molecule has 1 aromatic rings. The van der Waals surface area contributed by atoms with Crippen LogP contribution >= 0.6 is 0 Å². The van der Waals surface area contributed by atoms with Gasteiger partial charge in [-0.15, -0.1) is 0 Å². The van der Waals surface area contributed by atoms with Crippen molar-refractivity contribution in [3.05, 3.63) is 24.3 Å². The Morgan fingerprint density at radius 2 is 1.86 bits per heavy atom. The van der Waals surface area contributed by atoms with Crippen LogP contribution in [-0.4, -0.2) is 37.9 Å². The number of urea groups is 1. The highest BCUT2D eigenvalue weighted by molar-refractivity contribution is 5.89. The highest BCUT2D eigenvalue weighted by Crippen LogP contribution is 2.22. The molecule has 1 saturated heterocycles. The van der Waals surface area contributed by atoms with Crippen LogP contribution in [-0.2, 0) is 4.74 Å². The number of anilines is 2. The van der Waals surface area contributed by atoms with E-state index >= 15 is 0 Å².